The molecule has 7 nitrogen and oxygen atoms in total. The molecule has 1 aromatic heterocycles. The Bertz CT molecular complexity index is 964. The molecule has 0 bridgehead atoms. The van der Waals surface area contributed by atoms with Crippen LogP contribution < -0.4 is 10.9 Å². The Morgan fingerprint density at radius 1 is 1.26 bits per heavy atom. The fraction of sp³-hybridized carbons (Fsp3) is 0.750. The molecule has 3 aliphatic rings. The van der Waals surface area contributed by atoms with E-state index in [-0.39, 0.29) is 48.8 Å². The van der Waals surface area contributed by atoms with Crippen LogP contribution in [0.15, 0.2) is 16.9 Å². The van der Waals surface area contributed by atoms with Crippen LogP contribution in [-0.4, -0.2) is 60.4 Å². The Hall–Kier alpha value is -1.91. The first-order valence-corrected chi connectivity index (χ1v) is 12.0. The summed E-state index contributed by atoms with van der Waals surface area (Å²) < 4.78 is 52.1. The topological polar surface area (TPSA) is 72.8 Å². The molecular formula is C24H34F3N3O4. The molecule has 190 valence electrons. The number of methoxy groups -OCH3 is 1. The van der Waals surface area contributed by atoms with Crippen molar-refractivity contribution >= 4 is 5.91 Å². The first kappa shape index (κ1) is 25.2. The zero-order valence-electron chi connectivity index (χ0n) is 20.0. The van der Waals surface area contributed by atoms with Crippen molar-refractivity contribution in [2.24, 2.45) is 11.3 Å². The molecule has 2 fully saturated rings. The van der Waals surface area contributed by atoms with E-state index in [2.05, 4.69) is 5.32 Å². The second-order valence-electron chi connectivity index (χ2n) is 10.1. The molecule has 2 aliphatic heterocycles. The number of carbonyl (C=O) groups is 1. The van der Waals surface area contributed by atoms with Gasteiger partial charge in [-0.25, -0.2) is 0 Å². The fourth-order valence-electron chi connectivity index (χ4n) is 5.80. The first-order valence-electron chi connectivity index (χ1n) is 12.0. The van der Waals surface area contributed by atoms with E-state index in [4.69, 9.17) is 9.47 Å². The van der Waals surface area contributed by atoms with E-state index in [0.717, 1.165) is 18.9 Å². The van der Waals surface area contributed by atoms with Gasteiger partial charge in [0.05, 0.1) is 30.2 Å². The van der Waals surface area contributed by atoms with E-state index >= 15 is 0 Å². The van der Waals surface area contributed by atoms with Crippen molar-refractivity contribution < 1.29 is 27.4 Å². The summed E-state index contributed by atoms with van der Waals surface area (Å²) in [6.07, 6.45) is -1.55. The van der Waals surface area contributed by atoms with Crippen LogP contribution in [0.2, 0.25) is 0 Å². The van der Waals surface area contributed by atoms with Gasteiger partial charge in [-0.15, -0.1) is 0 Å². The van der Waals surface area contributed by atoms with Crippen molar-refractivity contribution in [3.63, 3.8) is 0 Å². The van der Waals surface area contributed by atoms with Crippen molar-refractivity contribution in [2.75, 3.05) is 26.9 Å². The molecule has 0 radical (unpaired) electrons. The number of nitrogens with zero attached hydrogens (tertiary/aromatic N) is 2. The number of carbonyl (C=O) groups excluding carboxylic acids is 1. The molecule has 0 spiro atoms. The minimum Gasteiger partial charge on any atom is -0.379 e. The molecule has 1 aliphatic carbocycles. The maximum Gasteiger partial charge on any atom is 0.416 e. The van der Waals surface area contributed by atoms with Gasteiger partial charge in [-0.05, 0) is 37.7 Å². The zero-order chi connectivity index (χ0) is 24.7. The van der Waals surface area contributed by atoms with Crippen molar-refractivity contribution in [3.05, 3.63) is 33.7 Å². The molecule has 1 unspecified atom stereocenters. The van der Waals surface area contributed by atoms with Crippen LogP contribution in [0.3, 0.4) is 0 Å². The monoisotopic (exact) mass is 485 g/mol. The van der Waals surface area contributed by atoms with Gasteiger partial charge in [0.2, 0.25) is 5.91 Å². The highest BCUT2D eigenvalue weighted by molar-refractivity contribution is 5.83. The number of ether oxygens (including phenoxy) is 2. The number of amides is 1. The normalized spacial score (nSPS) is 30.0. The second-order valence-corrected chi connectivity index (χ2v) is 10.1. The Morgan fingerprint density at radius 3 is 2.71 bits per heavy atom. The zero-order valence-corrected chi connectivity index (χ0v) is 20.0. The highest BCUT2D eigenvalue weighted by Gasteiger charge is 2.50. The largest absolute Gasteiger partial charge is 0.416 e. The third-order valence-corrected chi connectivity index (χ3v) is 7.91. The summed E-state index contributed by atoms with van der Waals surface area (Å²) in [4.78, 5) is 27.7. The fourth-order valence-corrected chi connectivity index (χ4v) is 5.80. The molecular weight excluding hydrogens is 451 g/mol. The minimum atomic E-state index is -4.60. The van der Waals surface area contributed by atoms with E-state index in [0.29, 0.717) is 38.7 Å². The van der Waals surface area contributed by atoms with Crippen molar-refractivity contribution in [1.82, 2.24) is 14.8 Å². The summed E-state index contributed by atoms with van der Waals surface area (Å²) in [5.41, 5.74) is -2.00. The van der Waals surface area contributed by atoms with Gasteiger partial charge in [-0.2, -0.15) is 13.2 Å². The van der Waals surface area contributed by atoms with Gasteiger partial charge in [-0.1, -0.05) is 13.8 Å². The lowest BCUT2D eigenvalue weighted by molar-refractivity contribution is -0.146. The van der Waals surface area contributed by atoms with Gasteiger partial charge in [0, 0.05) is 50.7 Å². The van der Waals surface area contributed by atoms with E-state index in [1.807, 2.05) is 13.8 Å². The Morgan fingerprint density at radius 2 is 2.03 bits per heavy atom. The standard InChI is InChI=1S/C24H34F3N3O4/c1-15(2)23(6-4-17(12-23)28-19-5-9-34-14-20(19)33-3)22(32)29-7-8-30-18(13-29)10-16(11-21(30)31)24(25,26)27/h10-11,15,17,19-20,28H,4-9,12-14H2,1-3H3/t17?,19-,20+,23-/m0/s1. The lowest BCUT2D eigenvalue weighted by atomic mass is 9.74. The third-order valence-electron chi connectivity index (χ3n) is 7.91. The van der Waals surface area contributed by atoms with Gasteiger partial charge >= 0.3 is 6.18 Å². The first-order chi connectivity index (χ1) is 16.0. The minimum absolute atomic E-state index is 0.0102. The Labute approximate surface area is 197 Å². The number of fused-ring (bicyclic) bond motifs is 1. The molecule has 1 saturated carbocycles. The Kier molecular flexibility index (Phi) is 7.13. The Balaban J connectivity index is 1.51. The highest BCUT2D eigenvalue weighted by Crippen LogP contribution is 2.46. The van der Waals surface area contributed by atoms with Crippen LogP contribution in [0.4, 0.5) is 13.2 Å². The van der Waals surface area contributed by atoms with Crippen molar-refractivity contribution in [3.8, 4) is 0 Å². The van der Waals surface area contributed by atoms with Crippen LogP contribution in [0.1, 0.15) is 50.8 Å². The molecule has 1 amide bonds. The quantitative estimate of drug-likeness (QED) is 0.695. The lowest BCUT2D eigenvalue weighted by Crippen LogP contribution is -2.52. The maximum atomic E-state index is 13.8. The molecule has 10 heteroatoms. The van der Waals surface area contributed by atoms with E-state index in [9.17, 15) is 22.8 Å². The summed E-state index contributed by atoms with van der Waals surface area (Å²) >= 11 is 0. The van der Waals surface area contributed by atoms with E-state index in [1.165, 1.54) is 4.57 Å². The van der Waals surface area contributed by atoms with E-state index in [1.54, 1.807) is 12.0 Å². The second kappa shape index (κ2) is 9.62. The third kappa shape index (κ3) is 4.77. The molecule has 1 N–H and O–H groups in total. The molecule has 4 rings (SSSR count). The molecule has 3 heterocycles. The van der Waals surface area contributed by atoms with Gasteiger partial charge in [0.25, 0.3) is 5.56 Å². The molecule has 34 heavy (non-hydrogen) atoms. The van der Waals surface area contributed by atoms with Crippen LogP contribution in [0.25, 0.3) is 0 Å². The molecule has 4 atom stereocenters. The average molecular weight is 486 g/mol. The summed E-state index contributed by atoms with van der Waals surface area (Å²) in [7, 11) is 1.67. The number of hydrogen-bond donors (Lipinski definition) is 1. The highest BCUT2D eigenvalue weighted by atomic mass is 19.4. The molecule has 1 aromatic rings. The summed E-state index contributed by atoms with van der Waals surface area (Å²) in [6, 6.07) is 1.95. The summed E-state index contributed by atoms with van der Waals surface area (Å²) in [6.45, 7) is 5.82. The maximum absolute atomic E-state index is 13.8. The lowest BCUT2D eigenvalue weighted by Gasteiger charge is -2.40. The number of hydrogen-bond acceptors (Lipinski definition) is 5. The van der Waals surface area contributed by atoms with Crippen molar-refractivity contribution in [2.45, 2.75) is 77.0 Å². The number of aromatic nitrogens is 1. The van der Waals surface area contributed by atoms with Gasteiger partial charge in [-0.3, -0.25) is 9.59 Å². The predicted octanol–water partition coefficient (Wildman–Crippen LogP) is 2.80. The van der Waals surface area contributed by atoms with Crippen LogP contribution in [0, 0.1) is 11.3 Å². The predicted molar refractivity (Wildman–Crippen MR) is 119 cm³/mol. The summed E-state index contributed by atoms with van der Waals surface area (Å²) in [5, 5.41) is 3.69. The number of halogens is 3. The summed E-state index contributed by atoms with van der Waals surface area (Å²) in [5.74, 6) is 0.0449. The van der Waals surface area contributed by atoms with E-state index < -0.39 is 22.7 Å². The van der Waals surface area contributed by atoms with Crippen LogP contribution in [0.5, 0.6) is 0 Å². The van der Waals surface area contributed by atoms with Gasteiger partial charge < -0.3 is 24.3 Å². The van der Waals surface area contributed by atoms with Gasteiger partial charge in [0.1, 0.15) is 0 Å². The van der Waals surface area contributed by atoms with Crippen LogP contribution >= 0.6 is 0 Å². The smallest absolute Gasteiger partial charge is 0.379 e. The number of pyridine rings is 1. The SMILES string of the molecule is CO[C@@H]1COCC[C@@H]1NC1CC[C@@](C(=O)N2CCn3c(cc(C(F)(F)F)cc3=O)C2)(C(C)C)C1. The molecule has 1 saturated heterocycles. The van der Waals surface area contributed by atoms with Crippen LogP contribution in [-0.2, 0) is 33.5 Å². The number of nitrogens with one attached hydrogen (secondary N) is 1. The average Bonchev–Trinajstić information content (AvgIpc) is 3.23. The number of rotatable bonds is 5. The number of alkyl halides is 3. The van der Waals surface area contributed by atoms with Gasteiger partial charge in [0.15, 0.2) is 0 Å². The van der Waals surface area contributed by atoms with Crippen molar-refractivity contribution in [1.29, 1.82) is 0 Å². The molecule has 0 aromatic carbocycles.